The molecule has 3 heteroatoms. The maximum atomic E-state index is 9.16. The minimum Gasteiger partial charge on any atom is -0.508 e. The molecule has 0 aliphatic rings. The number of phenolic OH excluding ortho intramolecular Hbond substituents is 1. The van der Waals surface area contributed by atoms with Gasteiger partial charge in [-0.1, -0.05) is 23.8 Å². The van der Waals surface area contributed by atoms with Crippen LogP contribution < -0.4 is 0 Å². The molecular formula is C9H9ClOS. The van der Waals surface area contributed by atoms with Gasteiger partial charge in [0.15, 0.2) is 0 Å². The number of thiol groups is 1. The van der Waals surface area contributed by atoms with E-state index in [0.29, 0.717) is 10.8 Å². The maximum absolute atomic E-state index is 9.16. The molecule has 0 saturated carbocycles. The highest BCUT2D eigenvalue weighted by molar-refractivity contribution is 7.80. The summed E-state index contributed by atoms with van der Waals surface area (Å²) in [4.78, 5) is 0. The molecule has 0 aliphatic carbocycles. The quantitative estimate of drug-likeness (QED) is 0.704. The molecule has 1 aromatic rings. The van der Waals surface area contributed by atoms with E-state index in [1.807, 2.05) is 12.2 Å². The molecule has 0 radical (unpaired) electrons. The molecule has 1 rings (SSSR count). The second-order valence-corrected chi connectivity index (χ2v) is 3.13. The molecule has 1 N–H and O–H groups in total. The summed E-state index contributed by atoms with van der Waals surface area (Å²) in [5.74, 6) is 0.856. The highest BCUT2D eigenvalue weighted by atomic mass is 35.5. The highest BCUT2D eigenvalue weighted by Gasteiger charge is 1.94. The lowest BCUT2D eigenvalue weighted by atomic mass is 10.2. The van der Waals surface area contributed by atoms with Crippen LogP contribution in [0.15, 0.2) is 24.3 Å². The third kappa shape index (κ3) is 2.80. The number of aromatic hydroxyl groups is 1. The summed E-state index contributed by atoms with van der Waals surface area (Å²) < 4.78 is 0. The second kappa shape index (κ2) is 4.43. The zero-order valence-electron chi connectivity index (χ0n) is 6.37. The van der Waals surface area contributed by atoms with Crippen molar-refractivity contribution in [3.63, 3.8) is 0 Å². The van der Waals surface area contributed by atoms with Crippen molar-refractivity contribution in [3.05, 3.63) is 34.9 Å². The van der Waals surface area contributed by atoms with Gasteiger partial charge >= 0.3 is 0 Å². The average molecular weight is 201 g/mol. The van der Waals surface area contributed by atoms with E-state index >= 15 is 0 Å². The first-order valence-corrected chi connectivity index (χ1v) is 4.50. The zero-order chi connectivity index (χ0) is 8.97. The number of hydrogen-bond acceptors (Lipinski definition) is 2. The fraction of sp³-hybridized carbons (Fsp3) is 0.111. The minimum absolute atomic E-state index is 0.182. The predicted molar refractivity (Wildman–Crippen MR) is 56.0 cm³/mol. The summed E-state index contributed by atoms with van der Waals surface area (Å²) in [7, 11) is 0. The summed E-state index contributed by atoms with van der Waals surface area (Å²) in [5, 5.41) is 9.69. The van der Waals surface area contributed by atoms with E-state index in [4.69, 9.17) is 16.7 Å². The van der Waals surface area contributed by atoms with Gasteiger partial charge in [0.25, 0.3) is 0 Å². The summed E-state index contributed by atoms with van der Waals surface area (Å²) >= 11 is 9.74. The van der Waals surface area contributed by atoms with Crippen LogP contribution >= 0.6 is 24.2 Å². The Kier molecular flexibility index (Phi) is 3.50. The molecule has 0 atom stereocenters. The molecule has 12 heavy (non-hydrogen) atoms. The van der Waals surface area contributed by atoms with Gasteiger partial charge in [0.2, 0.25) is 0 Å². The van der Waals surface area contributed by atoms with Crippen LogP contribution in [0.5, 0.6) is 5.75 Å². The smallest absolute Gasteiger partial charge is 0.117 e. The monoisotopic (exact) mass is 200 g/mol. The minimum atomic E-state index is 0.182. The second-order valence-electron chi connectivity index (χ2n) is 2.33. The summed E-state index contributed by atoms with van der Waals surface area (Å²) in [5.41, 5.74) is 0.883. The SMILES string of the molecule is Oc1cc(Cl)cc(C=CCS)c1. The van der Waals surface area contributed by atoms with Crippen molar-refractivity contribution in [2.24, 2.45) is 0 Å². The molecule has 0 amide bonds. The Morgan fingerprint density at radius 1 is 1.42 bits per heavy atom. The molecule has 0 fully saturated rings. The van der Waals surface area contributed by atoms with E-state index in [-0.39, 0.29) is 5.75 Å². The molecule has 0 unspecified atom stereocenters. The van der Waals surface area contributed by atoms with Gasteiger partial charge in [0.05, 0.1) is 0 Å². The van der Waals surface area contributed by atoms with Crippen molar-refractivity contribution >= 4 is 30.3 Å². The molecule has 0 aromatic heterocycles. The fourth-order valence-electron chi connectivity index (χ4n) is 0.881. The average Bonchev–Trinajstić information content (AvgIpc) is 1.99. The first-order chi connectivity index (χ1) is 5.72. The summed E-state index contributed by atoms with van der Waals surface area (Å²) in [6.07, 6.45) is 3.74. The maximum Gasteiger partial charge on any atom is 0.117 e. The van der Waals surface area contributed by atoms with Crippen molar-refractivity contribution in [1.29, 1.82) is 0 Å². The Bertz CT molecular complexity index is 276. The Hall–Kier alpha value is -0.600. The molecule has 64 valence electrons. The van der Waals surface area contributed by atoms with Crippen LogP contribution in [0.1, 0.15) is 5.56 Å². The fourth-order valence-corrected chi connectivity index (χ4v) is 1.22. The van der Waals surface area contributed by atoms with Gasteiger partial charge in [-0.25, -0.2) is 0 Å². The number of phenols is 1. The van der Waals surface area contributed by atoms with Crippen molar-refractivity contribution < 1.29 is 5.11 Å². The van der Waals surface area contributed by atoms with Crippen LogP contribution in [0.4, 0.5) is 0 Å². The Morgan fingerprint density at radius 2 is 2.17 bits per heavy atom. The third-order valence-electron chi connectivity index (χ3n) is 1.32. The van der Waals surface area contributed by atoms with E-state index < -0.39 is 0 Å². The molecule has 0 bridgehead atoms. The Balaban J connectivity index is 2.93. The summed E-state index contributed by atoms with van der Waals surface area (Å²) in [6.45, 7) is 0. The van der Waals surface area contributed by atoms with Crippen LogP contribution in [-0.2, 0) is 0 Å². The van der Waals surface area contributed by atoms with Gasteiger partial charge in [-0.2, -0.15) is 12.6 Å². The lowest BCUT2D eigenvalue weighted by Crippen LogP contribution is -1.73. The molecule has 0 spiro atoms. The van der Waals surface area contributed by atoms with Gasteiger partial charge < -0.3 is 5.11 Å². The van der Waals surface area contributed by atoms with Crippen molar-refractivity contribution in [3.8, 4) is 5.75 Å². The van der Waals surface area contributed by atoms with Crippen LogP contribution in [0.2, 0.25) is 5.02 Å². The molecule has 1 aromatic carbocycles. The standard InChI is InChI=1S/C9H9ClOS/c10-8-4-7(2-1-3-12)5-9(11)6-8/h1-2,4-6,11-12H,3H2. The normalized spacial score (nSPS) is 10.8. The van der Waals surface area contributed by atoms with Gasteiger partial charge in [-0.15, -0.1) is 0 Å². The molecular weight excluding hydrogens is 192 g/mol. The third-order valence-corrected chi connectivity index (χ3v) is 1.75. The number of rotatable bonds is 2. The molecule has 0 saturated heterocycles. The first kappa shape index (κ1) is 9.49. The van der Waals surface area contributed by atoms with Crippen LogP contribution in [0.3, 0.4) is 0 Å². The number of hydrogen-bond donors (Lipinski definition) is 2. The van der Waals surface area contributed by atoms with Crippen molar-refractivity contribution in [2.75, 3.05) is 5.75 Å². The largest absolute Gasteiger partial charge is 0.508 e. The van der Waals surface area contributed by atoms with E-state index in [1.165, 1.54) is 6.07 Å². The Labute approximate surface area is 82.1 Å². The molecule has 1 nitrogen and oxygen atoms in total. The van der Waals surface area contributed by atoms with Crippen LogP contribution in [0.25, 0.3) is 6.08 Å². The zero-order valence-corrected chi connectivity index (χ0v) is 8.02. The van der Waals surface area contributed by atoms with E-state index in [0.717, 1.165) is 5.56 Å². The number of halogens is 1. The van der Waals surface area contributed by atoms with E-state index in [9.17, 15) is 0 Å². The van der Waals surface area contributed by atoms with Gasteiger partial charge in [-0.3, -0.25) is 0 Å². The van der Waals surface area contributed by atoms with Crippen molar-refractivity contribution in [2.45, 2.75) is 0 Å². The van der Waals surface area contributed by atoms with Crippen LogP contribution in [-0.4, -0.2) is 10.9 Å². The van der Waals surface area contributed by atoms with Crippen LogP contribution in [0, 0.1) is 0 Å². The lowest BCUT2D eigenvalue weighted by Gasteiger charge is -1.96. The lowest BCUT2D eigenvalue weighted by molar-refractivity contribution is 0.475. The first-order valence-electron chi connectivity index (χ1n) is 3.49. The Morgan fingerprint density at radius 3 is 2.75 bits per heavy atom. The van der Waals surface area contributed by atoms with E-state index in [1.54, 1.807) is 12.1 Å². The topological polar surface area (TPSA) is 20.2 Å². The van der Waals surface area contributed by atoms with Crippen molar-refractivity contribution in [1.82, 2.24) is 0 Å². The van der Waals surface area contributed by atoms with E-state index in [2.05, 4.69) is 12.6 Å². The number of benzene rings is 1. The highest BCUT2D eigenvalue weighted by Crippen LogP contribution is 2.20. The summed E-state index contributed by atoms with van der Waals surface area (Å²) in [6, 6.07) is 4.92. The van der Waals surface area contributed by atoms with Gasteiger partial charge in [0.1, 0.15) is 5.75 Å². The predicted octanol–water partition coefficient (Wildman–Crippen LogP) is 2.99. The molecule has 0 aliphatic heterocycles. The van der Waals surface area contributed by atoms with Gasteiger partial charge in [0, 0.05) is 10.8 Å². The molecule has 0 heterocycles. The van der Waals surface area contributed by atoms with Gasteiger partial charge in [-0.05, 0) is 23.8 Å².